The average molecular weight is 288 g/mol. The van der Waals surface area contributed by atoms with Crippen LogP contribution in [0.1, 0.15) is 0 Å². The fraction of sp³-hybridized carbons (Fsp3) is 0. The Morgan fingerprint density at radius 1 is 1.05 bits per heavy atom. The topological polar surface area (TPSA) is 90.6 Å². The lowest BCUT2D eigenvalue weighted by Crippen LogP contribution is -2.11. The Labute approximate surface area is 115 Å². The Kier molecular flexibility index (Phi) is 3.03. The maximum absolute atomic E-state index is 12.0. The highest BCUT2D eigenvalue weighted by Gasteiger charge is 2.14. The van der Waals surface area contributed by atoms with Crippen LogP contribution >= 0.6 is 0 Å². The van der Waals surface area contributed by atoms with Crippen molar-refractivity contribution in [2.45, 2.75) is 4.90 Å². The number of hydrogen-bond acceptors (Lipinski definition) is 3. The van der Waals surface area contributed by atoms with Gasteiger partial charge in [0.15, 0.2) is 0 Å². The van der Waals surface area contributed by atoms with E-state index in [-0.39, 0.29) is 4.90 Å². The first kappa shape index (κ1) is 12.5. The van der Waals surface area contributed by atoms with Crippen LogP contribution < -0.4 is 4.72 Å². The molecule has 0 aliphatic carbocycles. The van der Waals surface area contributed by atoms with Gasteiger partial charge in [-0.25, -0.2) is 8.42 Å². The molecular formula is C13H12N4O2S. The quantitative estimate of drug-likeness (QED) is 0.687. The van der Waals surface area contributed by atoms with Crippen molar-refractivity contribution >= 4 is 15.7 Å². The summed E-state index contributed by atoms with van der Waals surface area (Å²) in [5, 5.41) is 6.72. The molecule has 0 bridgehead atoms. The van der Waals surface area contributed by atoms with E-state index in [1.54, 1.807) is 24.5 Å². The first-order valence-electron chi connectivity index (χ1n) is 5.90. The molecule has 3 N–H and O–H groups in total. The summed E-state index contributed by atoms with van der Waals surface area (Å²) < 4.78 is 26.6. The Balaban J connectivity index is 1.83. The van der Waals surface area contributed by atoms with Gasteiger partial charge < -0.3 is 4.98 Å². The van der Waals surface area contributed by atoms with Gasteiger partial charge in [0.2, 0.25) is 0 Å². The second kappa shape index (κ2) is 4.86. The van der Waals surface area contributed by atoms with Gasteiger partial charge in [0.25, 0.3) is 10.0 Å². The largest absolute Gasteiger partial charge is 0.366 e. The van der Waals surface area contributed by atoms with Gasteiger partial charge >= 0.3 is 0 Å². The molecule has 0 aliphatic heterocycles. The monoisotopic (exact) mass is 288 g/mol. The van der Waals surface area contributed by atoms with Crippen molar-refractivity contribution in [2.24, 2.45) is 0 Å². The number of nitrogens with one attached hydrogen (secondary N) is 3. The number of benzene rings is 1. The second-order valence-electron chi connectivity index (χ2n) is 4.20. The Bertz CT molecular complexity index is 776. The third-order valence-electron chi connectivity index (χ3n) is 2.83. The molecule has 3 rings (SSSR count). The van der Waals surface area contributed by atoms with E-state index in [1.165, 1.54) is 12.3 Å². The van der Waals surface area contributed by atoms with E-state index in [4.69, 9.17) is 0 Å². The molecule has 20 heavy (non-hydrogen) atoms. The molecular weight excluding hydrogens is 276 g/mol. The zero-order chi connectivity index (χ0) is 14.0. The fourth-order valence-electron chi connectivity index (χ4n) is 1.82. The predicted octanol–water partition coefficient (Wildman–Crippen LogP) is 2.21. The SMILES string of the molecule is O=S(=O)(Nc1ccc(-c2ccn[nH]2)cc1)c1cc[nH]c1. The van der Waals surface area contributed by atoms with E-state index in [9.17, 15) is 8.42 Å². The van der Waals surface area contributed by atoms with Gasteiger partial charge in [0, 0.05) is 24.3 Å². The molecule has 7 heteroatoms. The maximum atomic E-state index is 12.0. The van der Waals surface area contributed by atoms with Crippen molar-refractivity contribution in [3.63, 3.8) is 0 Å². The van der Waals surface area contributed by atoms with Crippen molar-refractivity contribution in [3.05, 3.63) is 55.0 Å². The lowest BCUT2D eigenvalue weighted by atomic mass is 10.1. The third-order valence-corrected chi connectivity index (χ3v) is 4.21. The van der Waals surface area contributed by atoms with Gasteiger partial charge in [-0.05, 0) is 29.8 Å². The molecule has 6 nitrogen and oxygen atoms in total. The summed E-state index contributed by atoms with van der Waals surface area (Å²) in [6.07, 6.45) is 4.66. The highest BCUT2D eigenvalue weighted by atomic mass is 32.2. The van der Waals surface area contributed by atoms with Crippen molar-refractivity contribution in [1.82, 2.24) is 15.2 Å². The van der Waals surface area contributed by atoms with Gasteiger partial charge in [-0.2, -0.15) is 5.10 Å². The van der Waals surface area contributed by atoms with E-state index in [2.05, 4.69) is 19.9 Å². The van der Waals surface area contributed by atoms with Crippen LogP contribution in [-0.4, -0.2) is 23.6 Å². The molecule has 0 saturated heterocycles. The second-order valence-corrected chi connectivity index (χ2v) is 5.88. The molecule has 0 spiro atoms. The molecule has 0 fully saturated rings. The molecule has 1 aromatic carbocycles. The number of aromatic amines is 2. The van der Waals surface area contributed by atoms with Crippen LogP contribution in [0.4, 0.5) is 5.69 Å². The zero-order valence-corrected chi connectivity index (χ0v) is 11.2. The van der Waals surface area contributed by atoms with Crippen LogP contribution in [0.25, 0.3) is 11.3 Å². The van der Waals surface area contributed by atoms with Crippen molar-refractivity contribution in [1.29, 1.82) is 0 Å². The Hall–Kier alpha value is -2.54. The summed E-state index contributed by atoms with van der Waals surface area (Å²) in [6, 6.07) is 10.4. The summed E-state index contributed by atoms with van der Waals surface area (Å²) >= 11 is 0. The minimum absolute atomic E-state index is 0.204. The number of sulfonamides is 1. The third kappa shape index (κ3) is 2.43. The first-order chi connectivity index (χ1) is 9.65. The summed E-state index contributed by atoms with van der Waals surface area (Å²) in [7, 11) is -3.54. The van der Waals surface area contributed by atoms with E-state index in [0.29, 0.717) is 5.69 Å². The predicted molar refractivity (Wildman–Crippen MR) is 75.6 cm³/mol. The van der Waals surface area contributed by atoms with Crippen LogP contribution in [0.5, 0.6) is 0 Å². The molecule has 0 radical (unpaired) electrons. The molecule has 0 atom stereocenters. The standard InChI is InChI=1S/C13H12N4O2S/c18-20(19,12-5-7-14-9-12)17-11-3-1-10(2-4-11)13-6-8-15-16-13/h1-9,14,17H,(H,15,16). The molecule has 0 aliphatic rings. The van der Waals surface area contributed by atoms with Crippen molar-refractivity contribution < 1.29 is 8.42 Å². The number of H-pyrrole nitrogens is 2. The molecule has 0 saturated carbocycles. The average Bonchev–Trinajstić information content (AvgIpc) is 3.13. The van der Waals surface area contributed by atoms with Gasteiger partial charge in [-0.1, -0.05) is 12.1 Å². The Morgan fingerprint density at radius 2 is 1.85 bits per heavy atom. The maximum Gasteiger partial charge on any atom is 0.263 e. The van der Waals surface area contributed by atoms with Gasteiger partial charge in [-0.15, -0.1) is 0 Å². The normalized spacial score (nSPS) is 11.4. The summed E-state index contributed by atoms with van der Waals surface area (Å²) in [6.45, 7) is 0. The van der Waals surface area contributed by atoms with Gasteiger partial charge in [0.1, 0.15) is 4.90 Å². The molecule has 3 aromatic rings. The number of nitrogens with zero attached hydrogens (tertiary/aromatic N) is 1. The molecule has 0 unspecified atom stereocenters. The van der Waals surface area contributed by atoms with E-state index < -0.39 is 10.0 Å². The summed E-state index contributed by atoms with van der Waals surface area (Å²) in [5.41, 5.74) is 2.33. The van der Waals surface area contributed by atoms with Crippen molar-refractivity contribution in [3.8, 4) is 11.3 Å². The zero-order valence-electron chi connectivity index (χ0n) is 10.4. The number of aromatic nitrogens is 3. The molecule has 0 amide bonds. The van der Waals surface area contributed by atoms with Gasteiger partial charge in [0.05, 0.1) is 5.69 Å². The van der Waals surface area contributed by atoms with Crippen LogP contribution in [0.2, 0.25) is 0 Å². The summed E-state index contributed by atoms with van der Waals surface area (Å²) in [4.78, 5) is 2.92. The van der Waals surface area contributed by atoms with E-state index >= 15 is 0 Å². The lowest BCUT2D eigenvalue weighted by Gasteiger charge is -2.07. The number of hydrogen-bond donors (Lipinski definition) is 3. The minimum atomic E-state index is -3.54. The Morgan fingerprint density at radius 3 is 2.45 bits per heavy atom. The lowest BCUT2D eigenvalue weighted by molar-refractivity contribution is 0.601. The molecule has 2 heterocycles. The number of anilines is 1. The van der Waals surface area contributed by atoms with Crippen LogP contribution in [-0.2, 0) is 10.0 Å². The van der Waals surface area contributed by atoms with Crippen LogP contribution in [0.15, 0.2) is 59.9 Å². The highest BCUT2D eigenvalue weighted by molar-refractivity contribution is 7.92. The first-order valence-corrected chi connectivity index (χ1v) is 7.39. The smallest absolute Gasteiger partial charge is 0.263 e. The summed E-state index contributed by atoms with van der Waals surface area (Å²) in [5.74, 6) is 0. The molecule has 102 valence electrons. The molecule has 2 aromatic heterocycles. The number of rotatable bonds is 4. The minimum Gasteiger partial charge on any atom is -0.366 e. The van der Waals surface area contributed by atoms with E-state index in [1.807, 2.05) is 18.2 Å². The van der Waals surface area contributed by atoms with Gasteiger partial charge in [-0.3, -0.25) is 9.82 Å². The fourth-order valence-corrected chi connectivity index (χ4v) is 2.86. The van der Waals surface area contributed by atoms with E-state index in [0.717, 1.165) is 11.3 Å². The highest BCUT2D eigenvalue weighted by Crippen LogP contribution is 2.21. The van der Waals surface area contributed by atoms with Crippen molar-refractivity contribution in [2.75, 3.05) is 4.72 Å². The van der Waals surface area contributed by atoms with Crippen LogP contribution in [0.3, 0.4) is 0 Å². The van der Waals surface area contributed by atoms with Crippen LogP contribution in [0, 0.1) is 0 Å².